The zero-order valence-corrected chi connectivity index (χ0v) is 11.7. The first-order valence-electron chi connectivity index (χ1n) is 7.76. The van der Waals surface area contributed by atoms with Crippen molar-refractivity contribution in [2.24, 2.45) is 0 Å². The highest BCUT2D eigenvalue weighted by Gasteiger charge is 2.12. The van der Waals surface area contributed by atoms with Crippen molar-refractivity contribution in [2.75, 3.05) is 19.7 Å². The van der Waals surface area contributed by atoms with Crippen LogP contribution in [0.25, 0.3) is 0 Å². The molecule has 2 heteroatoms. The highest BCUT2D eigenvalue weighted by Crippen LogP contribution is 2.20. The summed E-state index contributed by atoms with van der Waals surface area (Å²) < 4.78 is 5.91. The average Bonchev–Trinajstić information content (AvgIpc) is 2.38. The molecule has 0 spiro atoms. The maximum absolute atomic E-state index is 5.91. The molecule has 0 aromatic carbocycles. The van der Waals surface area contributed by atoms with Gasteiger partial charge < -0.3 is 10.1 Å². The van der Waals surface area contributed by atoms with Gasteiger partial charge in [-0.2, -0.15) is 0 Å². The van der Waals surface area contributed by atoms with Crippen molar-refractivity contribution in [1.29, 1.82) is 0 Å². The van der Waals surface area contributed by atoms with E-state index in [4.69, 9.17) is 4.74 Å². The van der Waals surface area contributed by atoms with Crippen molar-refractivity contribution < 1.29 is 4.74 Å². The standard InChI is InChI=1S/C15H31NO/c1-2-12-16-13-8-3-4-9-14-17-15-10-6-5-7-11-15/h15-16H,2-14H2,1H3. The number of hydrogen-bond acceptors (Lipinski definition) is 2. The van der Waals surface area contributed by atoms with Crippen LogP contribution in [0.5, 0.6) is 0 Å². The lowest BCUT2D eigenvalue weighted by molar-refractivity contribution is 0.0263. The maximum Gasteiger partial charge on any atom is 0.0575 e. The molecule has 17 heavy (non-hydrogen) atoms. The second kappa shape index (κ2) is 11.0. The van der Waals surface area contributed by atoms with E-state index in [1.165, 1.54) is 77.3 Å². The topological polar surface area (TPSA) is 21.3 Å². The fraction of sp³-hybridized carbons (Fsp3) is 1.00. The molecular formula is C15H31NO. The molecule has 2 nitrogen and oxygen atoms in total. The molecule has 1 rings (SSSR count). The van der Waals surface area contributed by atoms with E-state index >= 15 is 0 Å². The summed E-state index contributed by atoms with van der Waals surface area (Å²) in [6, 6.07) is 0. The molecule has 0 atom stereocenters. The van der Waals surface area contributed by atoms with Crippen molar-refractivity contribution in [3.63, 3.8) is 0 Å². The fourth-order valence-electron chi connectivity index (χ4n) is 2.49. The van der Waals surface area contributed by atoms with E-state index in [2.05, 4.69) is 12.2 Å². The summed E-state index contributed by atoms with van der Waals surface area (Å²) in [5.74, 6) is 0. The fourth-order valence-corrected chi connectivity index (χ4v) is 2.49. The highest BCUT2D eigenvalue weighted by molar-refractivity contribution is 4.64. The van der Waals surface area contributed by atoms with E-state index in [1.807, 2.05) is 0 Å². The van der Waals surface area contributed by atoms with Crippen LogP contribution in [0, 0.1) is 0 Å². The molecule has 0 amide bonds. The Morgan fingerprint density at radius 2 is 1.71 bits per heavy atom. The van der Waals surface area contributed by atoms with E-state index in [0.29, 0.717) is 6.10 Å². The zero-order valence-electron chi connectivity index (χ0n) is 11.7. The van der Waals surface area contributed by atoms with E-state index in [1.54, 1.807) is 0 Å². The monoisotopic (exact) mass is 241 g/mol. The molecule has 0 bridgehead atoms. The van der Waals surface area contributed by atoms with Crippen molar-refractivity contribution in [2.45, 2.75) is 77.2 Å². The van der Waals surface area contributed by atoms with Gasteiger partial charge in [0.2, 0.25) is 0 Å². The third-order valence-electron chi connectivity index (χ3n) is 3.58. The van der Waals surface area contributed by atoms with Crippen LogP contribution in [0.15, 0.2) is 0 Å². The Labute approximate surface area is 108 Å². The van der Waals surface area contributed by atoms with Gasteiger partial charge in [-0.15, -0.1) is 0 Å². The van der Waals surface area contributed by atoms with Gasteiger partial charge in [-0.05, 0) is 45.2 Å². The number of unbranched alkanes of at least 4 members (excludes halogenated alkanes) is 3. The molecule has 1 saturated carbocycles. The summed E-state index contributed by atoms with van der Waals surface area (Å²) in [5, 5.41) is 3.45. The number of nitrogens with one attached hydrogen (secondary N) is 1. The van der Waals surface area contributed by atoms with Gasteiger partial charge in [-0.3, -0.25) is 0 Å². The van der Waals surface area contributed by atoms with Gasteiger partial charge in [-0.1, -0.05) is 39.0 Å². The van der Waals surface area contributed by atoms with Crippen LogP contribution in [-0.4, -0.2) is 25.8 Å². The van der Waals surface area contributed by atoms with E-state index in [0.717, 1.165) is 6.61 Å². The number of hydrogen-bond donors (Lipinski definition) is 1. The van der Waals surface area contributed by atoms with Crippen molar-refractivity contribution >= 4 is 0 Å². The van der Waals surface area contributed by atoms with Gasteiger partial charge >= 0.3 is 0 Å². The SMILES string of the molecule is CCCNCCCCCCOC1CCCCC1. The molecule has 1 fully saturated rings. The Morgan fingerprint density at radius 1 is 0.941 bits per heavy atom. The van der Waals surface area contributed by atoms with Gasteiger partial charge in [0.15, 0.2) is 0 Å². The Bertz CT molecular complexity index is 155. The summed E-state index contributed by atoms with van der Waals surface area (Å²) in [4.78, 5) is 0. The molecule has 0 aromatic rings. The first-order valence-corrected chi connectivity index (χ1v) is 7.76. The lowest BCUT2D eigenvalue weighted by Crippen LogP contribution is -2.17. The Morgan fingerprint density at radius 3 is 2.47 bits per heavy atom. The minimum Gasteiger partial charge on any atom is -0.378 e. The van der Waals surface area contributed by atoms with Gasteiger partial charge in [0.05, 0.1) is 6.10 Å². The summed E-state index contributed by atoms with van der Waals surface area (Å²) in [7, 11) is 0. The Hall–Kier alpha value is -0.0800. The summed E-state index contributed by atoms with van der Waals surface area (Å²) in [6.07, 6.45) is 13.9. The molecule has 0 aromatic heterocycles. The summed E-state index contributed by atoms with van der Waals surface area (Å²) in [5.41, 5.74) is 0. The van der Waals surface area contributed by atoms with E-state index in [-0.39, 0.29) is 0 Å². The molecule has 0 aliphatic heterocycles. The van der Waals surface area contributed by atoms with Crippen molar-refractivity contribution in [1.82, 2.24) is 5.32 Å². The predicted octanol–water partition coefficient (Wildman–Crippen LogP) is 3.90. The first kappa shape index (κ1) is 15.0. The predicted molar refractivity (Wildman–Crippen MR) is 74.5 cm³/mol. The summed E-state index contributed by atoms with van der Waals surface area (Å²) in [6.45, 7) is 5.57. The smallest absolute Gasteiger partial charge is 0.0575 e. The van der Waals surface area contributed by atoms with Crippen LogP contribution in [0.3, 0.4) is 0 Å². The quantitative estimate of drug-likeness (QED) is 0.586. The van der Waals surface area contributed by atoms with E-state index in [9.17, 15) is 0 Å². The molecule has 0 radical (unpaired) electrons. The van der Waals surface area contributed by atoms with Gasteiger partial charge in [0, 0.05) is 6.61 Å². The molecular weight excluding hydrogens is 210 g/mol. The first-order chi connectivity index (χ1) is 8.43. The van der Waals surface area contributed by atoms with Gasteiger partial charge in [-0.25, -0.2) is 0 Å². The third-order valence-corrected chi connectivity index (χ3v) is 3.58. The molecule has 0 heterocycles. The molecule has 1 aliphatic rings. The number of ether oxygens (including phenoxy) is 1. The Balaban J connectivity index is 1.75. The summed E-state index contributed by atoms with van der Waals surface area (Å²) >= 11 is 0. The van der Waals surface area contributed by atoms with Crippen LogP contribution < -0.4 is 5.32 Å². The third kappa shape index (κ3) is 8.62. The lowest BCUT2D eigenvalue weighted by atomic mass is 9.98. The average molecular weight is 241 g/mol. The van der Waals surface area contributed by atoms with Crippen LogP contribution >= 0.6 is 0 Å². The second-order valence-corrected chi connectivity index (χ2v) is 5.30. The molecule has 0 unspecified atom stereocenters. The lowest BCUT2D eigenvalue weighted by Gasteiger charge is -2.21. The number of rotatable bonds is 10. The van der Waals surface area contributed by atoms with Crippen molar-refractivity contribution in [3.05, 3.63) is 0 Å². The zero-order chi connectivity index (χ0) is 12.2. The minimum atomic E-state index is 0.593. The highest BCUT2D eigenvalue weighted by atomic mass is 16.5. The normalized spacial score (nSPS) is 17.5. The van der Waals surface area contributed by atoms with Crippen LogP contribution in [0.4, 0.5) is 0 Å². The van der Waals surface area contributed by atoms with Crippen molar-refractivity contribution in [3.8, 4) is 0 Å². The van der Waals surface area contributed by atoms with Gasteiger partial charge in [0.1, 0.15) is 0 Å². The van der Waals surface area contributed by atoms with E-state index < -0.39 is 0 Å². The van der Waals surface area contributed by atoms with Crippen LogP contribution in [0.2, 0.25) is 0 Å². The Kier molecular flexibility index (Phi) is 9.72. The minimum absolute atomic E-state index is 0.593. The van der Waals surface area contributed by atoms with Crippen LogP contribution in [0.1, 0.15) is 71.1 Å². The largest absolute Gasteiger partial charge is 0.378 e. The maximum atomic E-state index is 5.91. The van der Waals surface area contributed by atoms with Crippen LogP contribution in [-0.2, 0) is 4.74 Å². The molecule has 0 saturated heterocycles. The second-order valence-electron chi connectivity index (χ2n) is 5.30. The van der Waals surface area contributed by atoms with Gasteiger partial charge in [0.25, 0.3) is 0 Å². The molecule has 1 N–H and O–H groups in total. The molecule has 1 aliphatic carbocycles. The molecule has 102 valence electrons.